The summed E-state index contributed by atoms with van der Waals surface area (Å²) in [5.41, 5.74) is 1.13. The van der Waals surface area contributed by atoms with Crippen molar-refractivity contribution in [2.75, 3.05) is 18.4 Å². The number of benzene rings is 2. The average Bonchev–Trinajstić information content (AvgIpc) is 3.36. The molecule has 9 heteroatoms. The van der Waals surface area contributed by atoms with Crippen molar-refractivity contribution in [2.45, 2.75) is 31.7 Å². The lowest BCUT2D eigenvalue weighted by Gasteiger charge is -2.35. The number of likely N-dealkylation sites (tertiary alicyclic amines) is 1. The van der Waals surface area contributed by atoms with E-state index in [1.54, 1.807) is 36.4 Å². The van der Waals surface area contributed by atoms with Crippen molar-refractivity contribution in [3.8, 4) is 0 Å². The van der Waals surface area contributed by atoms with Gasteiger partial charge in [0.25, 0.3) is 11.8 Å². The summed E-state index contributed by atoms with van der Waals surface area (Å²) in [6, 6.07) is 15.9. The summed E-state index contributed by atoms with van der Waals surface area (Å²) in [6.07, 6.45) is 2.56. The zero-order chi connectivity index (χ0) is 25.0. The first-order valence-corrected chi connectivity index (χ1v) is 13.0. The van der Waals surface area contributed by atoms with Crippen LogP contribution in [0.3, 0.4) is 0 Å². The van der Waals surface area contributed by atoms with Gasteiger partial charge in [0.05, 0.1) is 29.0 Å². The lowest BCUT2D eigenvalue weighted by molar-refractivity contribution is 0.0624. The van der Waals surface area contributed by atoms with Crippen LogP contribution in [0.2, 0.25) is 0 Å². The molecule has 1 saturated heterocycles. The summed E-state index contributed by atoms with van der Waals surface area (Å²) in [6.45, 7) is 5.68. The number of carbonyl (C=O) groups is 2. The number of para-hydroxylation sites is 1. The summed E-state index contributed by atoms with van der Waals surface area (Å²) >= 11 is 0. The maximum Gasteiger partial charge on any atom is 0.255 e. The molecule has 184 valence electrons. The summed E-state index contributed by atoms with van der Waals surface area (Å²) < 4.78 is 32.6. The second-order valence-corrected chi connectivity index (χ2v) is 10.9. The van der Waals surface area contributed by atoms with Gasteiger partial charge in [-0.3, -0.25) is 9.59 Å². The van der Waals surface area contributed by atoms with Gasteiger partial charge in [-0.2, -0.15) is 0 Å². The first-order valence-electron chi connectivity index (χ1n) is 11.5. The third kappa shape index (κ3) is 5.98. The van der Waals surface area contributed by atoms with Crippen LogP contribution in [0.1, 0.15) is 46.7 Å². The van der Waals surface area contributed by atoms with E-state index in [0.717, 1.165) is 6.42 Å². The van der Waals surface area contributed by atoms with Crippen molar-refractivity contribution < 1.29 is 22.4 Å². The second-order valence-electron chi connectivity index (χ2n) is 9.08. The van der Waals surface area contributed by atoms with Gasteiger partial charge in [-0.05, 0) is 66.8 Å². The first kappa shape index (κ1) is 24.7. The van der Waals surface area contributed by atoms with Gasteiger partial charge < -0.3 is 14.6 Å². The molecule has 2 N–H and O–H groups in total. The molecule has 0 bridgehead atoms. The van der Waals surface area contributed by atoms with E-state index < -0.39 is 15.9 Å². The SMILES string of the molecule is CC1CC(C)CN(C(=O)c2ccccc2NC(=O)c2ccc(S(=O)(=O)NCc3ccco3)cc2)C1. The van der Waals surface area contributed by atoms with E-state index in [0.29, 0.717) is 41.9 Å². The van der Waals surface area contributed by atoms with E-state index in [9.17, 15) is 18.0 Å². The first-order chi connectivity index (χ1) is 16.7. The number of carbonyl (C=O) groups excluding carboxylic acids is 2. The molecule has 35 heavy (non-hydrogen) atoms. The van der Waals surface area contributed by atoms with Gasteiger partial charge in [-0.15, -0.1) is 0 Å². The van der Waals surface area contributed by atoms with Crippen LogP contribution in [0.25, 0.3) is 0 Å². The number of anilines is 1. The Morgan fingerprint density at radius 1 is 0.971 bits per heavy atom. The molecular weight excluding hydrogens is 466 g/mol. The molecule has 2 atom stereocenters. The Kier molecular flexibility index (Phi) is 7.37. The number of hydrogen-bond acceptors (Lipinski definition) is 5. The monoisotopic (exact) mass is 495 g/mol. The molecule has 1 aliphatic rings. The van der Waals surface area contributed by atoms with Crippen LogP contribution in [0.5, 0.6) is 0 Å². The Hall–Kier alpha value is -3.43. The van der Waals surface area contributed by atoms with Crippen LogP contribution in [0, 0.1) is 11.8 Å². The lowest BCUT2D eigenvalue weighted by atomic mass is 9.91. The van der Waals surface area contributed by atoms with E-state index in [-0.39, 0.29) is 22.9 Å². The maximum absolute atomic E-state index is 13.2. The molecule has 2 amide bonds. The zero-order valence-electron chi connectivity index (χ0n) is 19.7. The molecule has 2 unspecified atom stereocenters. The molecule has 2 aromatic carbocycles. The number of nitrogens with zero attached hydrogens (tertiary/aromatic N) is 1. The Labute approximate surface area is 205 Å². The molecule has 4 rings (SSSR count). The minimum absolute atomic E-state index is 0.0248. The number of sulfonamides is 1. The smallest absolute Gasteiger partial charge is 0.255 e. The zero-order valence-corrected chi connectivity index (χ0v) is 20.5. The van der Waals surface area contributed by atoms with Gasteiger partial charge in [0.1, 0.15) is 5.76 Å². The number of piperidine rings is 1. The van der Waals surface area contributed by atoms with Crippen LogP contribution >= 0.6 is 0 Å². The van der Waals surface area contributed by atoms with Crippen molar-refractivity contribution in [3.63, 3.8) is 0 Å². The third-order valence-corrected chi connectivity index (χ3v) is 7.42. The molecule has 0 radical (unpaired) electrons. The Morgan fingerprint density at radius 2 is 1.66 bits per heavy atom. The van der Waals surface area contributed by atoms with Gasteiger partial charge in [0.15, 0.2) is 0 Å². The highest BCUT2D eigenvalue weighted by molar-refractivity contribution is 7.89. The molecule has 0 saturated carbocycles. The van der Waals surface area contributed by atoms with Gasteiger partial charge in [0, 0.05) is 18.7 Å². The Bertz CT molecular complexity index is 1280. The van der Waals surface area contributed by atoms with Gasteiger partial charge in [-0.1, -0.05) is 26.0 Å². The Balaban J connectivity index is 1.45. The molecular formula is C26H29N3O5S. The maximum atomic E-state index is 13.2. The van der Waals surface area contributed by atoms with Gasteiger partial charge in [-0.25, -0.2) is 13.1 Å². The topological polar surface area (TPSA) is 109 Å². The van der Waals surface area contributed by atoms with Crippen molar-refractivity contribution >= 4 is 27.5 Å². The Morgan fingerprint density at radius 3 is 2.31 bits per heavy atom. The molecule has 3 aromatic rings. The van der Waals surface area contributed by atoms with Crippen LogP contribution < -0.4 is 10.0 Å². The molecule has 1 aliphatic heterocycles. The lowest BCUT2D eigenvalue weighted by Crippen LogP contribution is -2.42. The van der Waals surface area contributed by atoms with Crippen LogP contribution in [0.15, 0.2) is 76.2 Å². The van der Waals surface area contributed by atoms with E-state index in [1.165, 1.54) is 30.5 Å². The van der Waals surface area contributed by atoms with E-state index >= 15 is 0 Å². The number of furan rings is 1. The highest BCUT2D eigenvalue weighted by Gasteiger charge is 2.27. The van der Waals surface area contributed by atoms with E-state index in [2.05, 4.69) is 23.9 Å². The summed E-state index contributed by atoms with van der Waals surface area (Å²) in [4.78, 5) is 28.0. The standard InChI is InChI=1S/C26H29N3O5S/c1-18-14-19(2)17-29(16-18)26(31)23-7-3-4-8-24(23)28-25(30)20-9-11-22(12-10-20)35(32,33)27-15-21-6-5-13-34-21/h3-13,18-19,27H,14-17H2,1-2H3,(H,28,30). The van der Waals surface area contributed by atoms with Crippen molar-refractivity contribution in [1.82, 2.24) is 9.62 Å². The summed E-state index contributed by atoms with van der Waals surface area (Å²) in [5, 5.41) is 2.81. The largest absolute Gasteiger partial charge is 0.468 e. The fraction of sp³-hybridized carbons (Fsp3) is 0.308. The predicted octanol–water partition coefficient (Wildman–Crippen LogP) is 4.13. The number of hydrogen-bond donors (Lipinski definition) is 2. The van der Waals surface area contributed by atoms with Crippen LogP contribution in [-0.2, 0) is 16.6 Å². The van der Waals surface area contributed by atoms with Crippen molar-refractivity contribution in [3.05, 3.63) is 83.8 Å². The highest BCUT2D eigenvalue weighted by atomic mass is 32.2. The van der Waals surface area contributed by atoms with Crippen molar-refractivity contribution in [2.24, 2.45) is 11.8 Å². The van der Waals surface area contributed by atoms with Crippen LogP contribution in [-0.4, -0.2) is 38.2 Å². The van der Waals surface area contributed by atoms with E-state index in [1.807, 2.05) is 4.90 Å². The van der Waals surface area contributed by atoms with Gasteiger partial charge >= 0.3 is 0 Å². The van der Waals surface area contributed by atoms with E-state index in [4.69, 9.17) is 4.42 Å². The number of rotatable bonds is 7. The quantitative estimate of drug-likeness (QED) is 0.512. The summed E-state index contributed by atoms with van der Waals surface area (Å²) in [5.74, 6) is 0.799. The number of nitrogens with one attached hydrogen (secondary N) is 2. The molecule has 1 aromatic heterocycles. The minimum Gasteiger partial charge on any atom is -0.468 e. The summed E-state index contributed by atoms with van der Waals surface area (Å²) in [7, 11) is -3.77. The molecule has 8 nitrogen and oxygen atoms in total. The normalized spacial score (nSPS) is 18.3. The number of amides is 2. The predicted molar refractivity (Wildman–Crippen MR) is 132 cm³/mol. The highest BCUT2D eigenvalue weighted by Crippen LogP contribution is 2.25. The minimum atomic E-state index is -3.77. The molecule has 0 aliphatic carbocycles. The van der Waals surface area contributed by atoms with Crippen molar-refractivity contribution in [1.29, 1.82) is 0 Å². The molecule has 2 heterocycles. The van der Waals surface area contributed by atoms with Crippen LogP contribution in [0.4, 0.5) is 5.69 Å². The fourth-order valence-corrected chi connectivity index (χ4v) is 5.41. The fourth-order valence-electron chi connectivity index (χ4n) is 4.42. The molecule has 1 fully saturated rings. The molecule has 0 spiro atoms. The second kappa shape index (κ2) is 10.5. The third-order valence-electron chi connectivity index (χ3n) is 6.01. The van der Waals surface area contributed by atoms with Gasteiger partial charge in [0.2, 0.25) is 10.0 Å². The average molecular weight is 496 g/mol.